The summed E-state index contributed by atoms with van der Waals surface area (Å²) in [6.07, 6.45) is -3.99. The first-order chi connectivity index (χ1) is 11.3. The molecule has 6 nitrogen and oxygen atoms in total. The van der Waals surface area contributed by atoms with Crippen molar-refractivity contribution >= 4 is 11.6 Å². The Morgan fingerprint density at radius 1 is 1.38 bits per heavy atom. The van der Waals surface area contributed by atoms with Crippen LogP contribution in [0.5, 0.6) is 0 Å². The molecule has 1 fully saturated rings. The number of H-pyrrole nitrogens is 1. The largest absolute Gasteiger partial charge is 0.416 e. The van der Waals surface area contributed by atoms with Crippen molar-refractivity contribution in [3.05, 3.63) is 29.6 Å². The molecule has 0 spiro atoms. The molecule has 1 saturated heterocycles. The Hall–Kier alpha value is -2.42. The lowest BCUT2D eigenvalue weighted by molar-refractivity contribution is -0.137. The van der Waals surface area contributed by atoms with Crippen LogP contribution in [0.3, 0.4) is 0 Å². The van der Waals surface area contributed by atoms with E-state index >= 15 is 0 Å². The molecule has 1 atom stereocenters. The van der Waals surface area contributed by atoms with E-state index in [1.165, 1.54) is 6.07 Å². The predicted molar refractivity (Wildman–Crippen MR) is 79.1 cm³/mol. The number of alkyl halides is 3. The van der Waals surface area contributed by atoms with Crippen LogP contribution < -0.4 is 5.32 Å². The number of carbonyl (C=O) groups excluding carboxylic acids is 1. The van der Waals surface area contributed by atoms with Gasteiger partial charge in [-0.2, -0.15) is 18.3 Å². The number of hydrogen-bond donors (Lipinski definition) is 2. The van der Waals surface area contributed by atoms with Gasteiger partial charge in [-0.1, -0.05) is 0 Å². The second-order valence-corrected chi connectivity index (χ2v) is 5.59. The normalized spacial score (nSPS) is 17.9. The lowest BCUT2D eigenvalue weighted by Gasteiger charge is -2.13. The molecular weight excluding hydrogens is 325 g/mol. The number of benzene rings is 1. The maximum absolute atomic E-state index is 13.1. The lowest BCUT2D eigenvalue weighted by atomic mass is 10.1. The van der Waals surface area contributed by atoms with Gasteiger partial charge in [0.05, 0.1) is 18.1 Å². The molecule has 128 valence electrons. The molecule has 1 amide bonds. The first-order valence-electron chi connectivity index (χ1n) is 7.33. The van der Waals surface area contributed by atoms with Gasteiger partial charge in [0.25, 0.3) is 0 Å². The van der Waals surface area contributed by atoms with Crippen LogP contribution in [-0.2, 0) is 15.7 Å². The predicted octanol–water partition coefficient (Wildman–Crippen LogP) is 2.77. The van der Waals surface area contributed by atoms with Gasteiger partial charge >= 0.3 is 6.18 Å². The summed E-state index contributed by atoms with van der Waals surface area (Å²) in [6.45, 7) is 2.40. The van der Waals surface area contributed by atoms with E-state index in [2.05, 4.69) is 20.5 Å². The third-order valence-corrected chi connectivity index (χ3v) is 3.68. The van der Waals surface area contributed by atoms with Crippen molar-refractivity contribution in [2.45, 2.75) is 19.5 Å². The Bertz CT molecular complexity index is 751. The van der Waals surface area contributed by atoms with Gasteiger partial charge in [-0.15, -0.1) is 0 Å². The zero-order valence-electron chi connectivity index (χ0n) is 12.8. The van der Waals surface area contributed by atoms with Crippen molar-refractivity contribution in [3.63, 3.8) is 0 Å². The number of anilines is 1. The average Bonchev–Trinajstić information content (AvgIpc) is 3.17. The molecule has 0 saturated carbocycles. The summed E-state index contributed by atoms with van der Waals surface area (Å²) in [5.41, 5.74) is -0.647. The number of carbonyl (C=O) groups is 1. The van der Waals surface area contributed by atoms with Crippen LogP contribution in [0.15, 0.2) is 18.2 Å². The highest BCUT2D eigenvalue weighted by Gasteiger charge is 2.32. The van der Waals surface area contributed by atoms with Crippen molar-refractivity contribution in [2.24, 2.45) is 5.92 Å². The molecule has 1 aliphatic rings. The number of ether oxygens (including phenoxy) is 1. The summed E-state index contributed by atoms with van der Waals surface area (Å²) in [5.74, 6) is -0.0907. The summed E-state index contributed by atoms with van der Waals surface area (Å²) in [7, 11) is 0. The van der Waals surface area contributed by atoms with Crippen molar-refractivity contribution < 1.29 is 22.7 Å². The van der Waals surface area contributed by atoms with Crippen LogP contribution in [0, 0.1) is 12.8 Å². The fourth-order valence-corrected chi connectivity index (χ4v) is 2.45. The van der Waals surface area contributed by atoms with Crippen LogP contribution >= 0.6 is 0 Å². The van der Waals surface area contributed by atoms with Crippen LogP contribution in [0.1, 0.15) is 17.8 Å². The third kappa shape index (κ3) is 3.56. The summed E-state index contributed by atoms with van der Waals surface area (Å²) in [5, 5.41) is 8.98. The summed E-state index contributed by atoms with van der Waals surface area (Å²) >= 11 is 0. The zero-order chi connectivity index (χ0) is 17.3. The highest BCUT2D eigenvalue weighted by molar-refractivity contribution is 5.93. The van der Waals surface area contributed by atoms with Crippen molar-refractivity contribution in [1.82, 2.24) is 15.2 Å². The Morgan fingerprint density at radius 3 is 2.75 bits per heavy atom. The van der Waals surface area contributed by atoms with E-state index in [1.54, 1.807) is 6.92 Å². The maximum Gasteiger partial charge on any atom is 0.416 e. The lowest BCUT2D eigenvalue weighted by Crippen LogP contribution is -2.23. The number of halogens is 3. The summed E-state index contributed by atoms with van der Waals surface area (Å²) in [4.78, 5) is 16.2. The number of aromatic nitrogens is 3. The van der Waals surface area contributed by atoms with Crippen molar-refractivity contribution in [2.75, 3.05) is 18.5 Å². The van der Waals surface area contributed by atoms with E-state index in [9.17, 15) is 18.0 Å². The molecule has 2 N–H and O–H groups in total. The number of aromatic amines is 1. The van der Waals surface area contributed by atoms with Gasteiger partial charge in [-0.25, -0.2) is 4.98 Å². The molecule has 1 aliphatic heterocycles. The van der Waals surface area contributed by atoms with Gasteiger partial charge in [0, 0.05) is 17.9 Å². The van der Waals surface area contributed by atoms with Crippen LogP contribution in [0.4, 0.5) is 18.9 Å². The Balaban J connectivity index is 1.94. The van der Waals surface area contributed by atoms with Gasteiger partial charge in [0.1, 0.15) is 5.82 Å². The van der Waals surface area contributed by atoms with Crippen LogP contribution in [0.2, 0.25) is 0 Å². The molecule has 24 heavy (non-hydrogen) atoms. The van der Waals surface area contributed by atoms with E-state index in [-0.39, 0.29) is 35.5 Å². The van der Waals surface area contributed by atoms with Gasteiger partial charge in [-0.3, -0.25) is 9.89 Å². The van der Waals surface area contributed by atoms with E-state index < -0.39 is 11.7 Å². The summed E-state index contributed by atoms with van der Waals surface area (Å²) in [6, 6.07) is 3.28. The van der Waals surface area contributed by atoms with Crippen LogP contribution in [0.25, 0.3) is 11.4 Å². The Labute approximate surface area is 135 Å². The number of aryl methyl sites for hydroxylation is 1. The maximum atomic E-state index is 13.1. The number of amides is 1. The van der Waals surface area contributed by atoms with E-state index in [0.717, 1.165) is 12.1 Å². The van der Waals surface area contributed by atoms with Crippen molar-refractivity contribution in [1.29, 1.82) is 0 Å². The highest BCUT2D eigenvalue weighted by Crippen LogP contribution is 2.34. The molecule has 2 heterocycles. The fraction of sp³-hybridized carbons (Fsp3) is 0.400. The van der Waals surface area contributed by atoms with Crippen molar-refractivity contribution in [3.8, 4) is 11.4 Å². The molecule has 9 heteroatoms. The minimum Gasteiger partial charge on any atom is -0.381 e. The van der Waals surface area contributed by atoms with Crippen LogP contribution in [-0.4, -0.2) is 34.3 Å². The zero-order valence-corrected chi connectivity index (χ0v) is 12.8. The Morgan fingerprint density at radius 2 is 2.17 bits per heavy atom. The minimum absolute atomic E-state index is 0.0548. The van der Waals surface area contributed by atoms with E-state index in [4.69, 9.17) is 4.74 Å². The average molecular weight is 340 g/mol. The summed E-state index contributed by atoms with van der Waals surface area (Å²) < 4.78 is 44.5. The smallest absolute Gasteiger partial charge is 0.381 e. The second-order valence-electron chi connectivity index (χ2n) is 5.59. The second kappa shape index (κ2) is 6.23. The molecule has 1 aromatic heterocycles. The van der Waals surface area contributed by atoms with Gasteiger partial charge < -0.3 is 10.1 Å². The molecule has 3 rings (SSSR count). The SMILES string of the molecule is Cc1nc(-c2cc(NC(=O)C3CCOC3)cc(C(F)(F)F)c2)n[nH]1. The number of rotatable bonds is 3. The molecule has 0 radical (unpaired) electrons. The van der Waals surface area contributed by atoms with Gasteiger partial charge in [-0.05, 0) is 31.5 Å². The standard InChI is InChI=1S/C15H15F3N4O2/c1-8-19-13(22-21-8)10-4-11(15(16,17)18)6-12(5-10)20-14(23)9-2-3-24-7-9/h4-6,9H,2-3,7H2,1H3,(H,20,23)(H,19,21,22). The molecular formula is C15H15F3N4O2. The molecule has 2 aromatic rings. The van der Waals surface area contributed by atoms with E-state index in [0.29, 0.717) is 18.9 Å². The Kier molecular flexibility index (Phi) is 4.27. The molecule has 1 aromatic carbocycles. The highest BCUT2D eigenvalue weighted by atomic mass is 19.4. The number of nitrogens with one attached hydrogen (secondary N) is 2. The first kappa shape index (κ1) is 16.4. The topological polar surface area (TPSA) is 79.9 Å². The minimum atomic E-state index is -4.54. The number of nitrogens with zero attached hydrogens (tertiary/aromatic N) is 2. The first-order valence-corrected chi connectivity index (χ1v) is 7.33. The monoisotopic (exact) mass is 340 g/mol. The van der Waals surface area contributed by atoms with Gasteiger partial charge in [0.2, 0.25) is 5.91 Å². The third-order valence-electron chi connectivity index (χ3n) is 3.68. The fourth-order valence-electron chi connectivity index (χ4n) is 2.45. The molecule has 1 unspecified atom stereocenters. The molecule has 0 bridgehead atoms. The van der Waals surface area contributed by atoms with Gasteiger partial charge in [0.15, 0.2) is 5.82 Å². The number of hydrogen-bond acceptors (Lipinski definition) is 4. The molecule has 0 aliphatic carbocycles. The van der Waals surface area contributed by atoms with E-state index in [1.807, 2.05) is 0 Å². The quantitative estimate of drug-likeness (QED) is 0.900.